The number of methoxy groups -OCH3 is 2. The van der Waals surface area contributed by atoms with Crippen LogP contribution in [-0.2, 0) is 20.4 Å². The second-order valence-corrected chi connectivity index (χ2v) is 7.74. The standard InChI is InChI=1S/C22H24N2O4/c1-21(15-11-13(27-5)7-9-17(15)23(3)19(21)25)22(2)16-12-14(28-6)8-10-18(16)24(4)20(22)26/h7-12H,1-6H3. The fourth-order valence-corrected chi connectivity index (χ4v) is 4.76. The molecule has 0 saturated heterocycles. The van der Waals surface area contributed by atoms with Crippen LogP contribution in [0.5, 0.6) is 11.5 Å². The number of anilines is 2. The van der Waals surface area contributed by atoms with Gasteiger partial charge in [-0.05, 0) is 61.4 Å². The molecule has 2 unspecified atom stereocenters. The molecule has 28 heavy (non-hydrogen) atoms. The predicted octanol–water partition coefficient (Wildman–Crippen LogP) is 2.87. The molecule has 2 amide bonds. The highest BCUT2D eigenvalue weighted by molar-refractivity contribution is 6.18. The Bertz CT molecular complexity index is 936. The van der Waals surface area contributed by atoms with Crippen molar-refractivity contribution in [3.8, 4) is 11.5 Å². The lowest BCUT2D eigenvalue weighted by Gasteiger charge is -2.39. The highest BCUT2D eigenvalue weighted by Crippen LogP contribution is 2.58. The summed E-state index contributed by atoms with van der Waals surface area (Å²) in [5, 5.41) is 0. The SMILES string of the molecule is COc1ccc2c(c1)C(C)(C1(C)C(=O)N(C)c3ccc(OC)cc31)C(=O)N2C. The quantitative estimate of drug-likeness (QED) is 0.822. The fraction of sp³-hybridized carbons (Fsp3) is 0.364. The molecule has 0 bridgehead atoms. The van der Waals surface area contributed by atoms with Crippen LogP contribution in [-0.4, -0.2) is 40.1 Å². The molecule has 146 valence electrons. The molecule has 0 spiro atoms. The number of carbonyl (C=O) groups excluding carboxylic acids is 2. The number of nitrogens with zero attached hydrogens (tertiary/aromatic N) is 2. The van der Waals surface area contributed by atoms with E-state index in [-0.39, 0.29) is 11.8 Å². The van der Waals surface area contributed by atoms with E-state index in [0.717, 1.165) is 22.5 Å². The van der Waals surface area contributed by atoms with Crippen LogP contribution in [0.3, 0.4) is 0 Å². The Morgan fingerprint density at radius 2 is 1.07 bits per heavy atom. The van der Waals surface area contributed by atoms with E-state index in [1.165, 1.54) is 0 Å². The molecule has 0 radical (unpaired) electrons. The summed E-state index contributed by atoms with van der Waals surface area (Å²) in [5.74, 6) is 1.08. The van der Waals surface area contributed by atoms with E-state index in [0.29, 0.717) is 11.5 Å². The monoisotopic (exact) mass is 380 g/mol. The zero-order valence-corrected chi connectivity index (χ0v) is 17.0. The van der Waals surface area contributed by atoms with Gasteiger partial charge < -0.3 is 19.3 Å². The van der Waals surface area contributed by atoms with E-state index >= 15 is 0 Å². The maximum Gasteiger partial charge on any atom is 0.238 e. The van der Waals surface area contributed by atoms with E-state index in [2.05, 4.69) is 0 Å². The van der Waals surface area contributed by atoms with Crippen molar-refractivity contribution < 1.29 is 19.1 Å². The average Bonchev–Trinajstić information content (AvgIpc) is 3.04. The molecule has 0 aromatic heterocycles. The molecular weight excluding hydrogens is 356 g/mol. The number of hydrogen-bond donors (Lipinski definition) is 0. The van der Waals surface area contributed by atoms with Crippen molar-refractivity contribution in [3.05, 3.63) is 47.5 Å². The second kappa shape index (κ2) is 5.74. The molecule has 0 fully saturated rings. The highest BCUT2D eigenvalue weighted by Gasteiger charge is 2.65. The molecular formula is C22H24N2O4. The van der Waals surface area contributed by atoms with Gasteiger partial charge in [-0.1, -0.05) is 0 Å². The minimum absolute atomic E-state index is 0.115. The van der Waals surface area contributed by atoms with Gasteiger partial charge in [-0.2, -0.15) is 0 Å². The number of ether oxygens (including phenoxy) is 2. The molecule has 2 aromatic rings. The van der Waals surface area contributed by atoms with Gasteiger partial charge in [0, 0.05) is 25.5 Å². The van der Waals surface area contributed by atoms with Crippen LogP contribution in [0.2, 0.25) is 0 Å². The largest absolute Gasteiger partial charge is 0.497 e. The number of rotatable bonds is 3. The summed E-state index contributed by atoms with van der Waals surface area (Å²) in [6, 6.07) is 11.1. The van der Waals surface area contributed by atoms with Gasteiger partial charge in [0.15, 0.2) is 0 Å². The van der Waals surface area contributed by atoms with Crippen LogP contribution in [0.15, 0.2) is 36.4 Å². The maximum atomic E-state index is 13.6. The topological polar surface area (TPSA) is 59.1 Å². The molecule has 2 aliphatic heterocycles. The van der Waals surface area contributed by atoms with Crippen molar-refractivity contribution >= 4 is 23.2 Å². The summed E-state index contributed by atoms with van der Waals surface area (Å²) in [7, 11) is 6.68. The Morgan fingerprint density at radius 1 is 0.714 bits per heavy atom. The van der Waals surface area contributed by atoms with Crippen LogP contribution in [0.25, 0.3) is 0 Å². The summed E-state index contributed by atoms with van der Waals surface area (Å²) in [6.45, 7) is 3.72. The summed E-state index contributed by atoms with van der Waals surface area (Å²) >= 11 is 0. The summed E-state index contributed by atoms with van der Waals surface area (Å²) in [5.41, 5.74) is 0.990. The Morgan fingerprint density at radius 3 is 1.39 bits per heavy atom. The number of carbonyl (C=O) groups is 2. The Hall–Kier alpha value is -3.02. The summed E-state index contributed by atoms with van der Waals surface area (Å²) < 4.78 is 10.8. The molecule has 6 nitrogen and oxygen atoms in total. The van der Waals surface area contributed by atoms with Crippen molar-refractivity contribution in [3.63, 3.8) is 0 Å². The first-order chi connectivity index (χ1) is 13.2. The maximum absolute atomic E-state index is 13.6. The molecule has 6 heteroatoms. The van der Waals surface area contributed by atoms with Gasteiger partial charge >= 0.3 is 0 Å². The van der Waals surface area contributed by atoms with E-state index in [1.807, 2.05) is 50.2 Å². The first-order valence-electron chi connectivity index (χ1n) is 9.15. The van der Waals surface area contributed by atoms with Crippen LogP contribution < -0.4 is 19.3 Å². The third-order valence-corrected chi connectivity index (χ3v) is 6.67. The van der Waals surface area contributed by atoms with Gasteiger partial charge in [-0.3, -0.25) is 9.59 Å². The van der Waals surface area contributed by atoms with E-state index in [9.17, 15) is 9.59 Å². The first kappa shape index (κ1) is 18.3. The third-order valence-electron chi connectivity index (χ3n) is 6.67. The van der Waals surface area contributed by atoms with E-state index in [4.69, 9.17) is 9.47 Å². The van der Waals surface area contributed by atoms with Crippen molar-refractivity contribution in [1.82, 2.24) is 0 Å². The van der Waals surface area contributed by atoms with Gasteiger partial charge in [-0.15, -0.1) is 0 Å². The van der Waals surface area contributed by atoms with Crippen LogP contribution in [0.1, 0.15) is 25.0 Å². The van der Waals surface area contributed by atoms with Crippen molar-refractivity contribution in [1.29, 1.82) is 0 Å². The molecule has 4 rings (SSSR count). The van der Waals surface area contributed by atoms with Crippen molar-refractivity contribution in [2.45, 2.75) is 24.7 Å². The van der Waals surface area contributed by atoms with Gasteiger partial charge in [0.2, 0.25) is 11.8 Å². The molecule has 0 aliphatic carbocycles. The van der Waals surface area contributed by atoms with Gasteiger partial charge in [-0.25, -0.2) is 0 Å². The molecule has 2 atom stereocenters. The lowest BCUT2D eigenvalue weighted by atomic mass is 9.59. The Labute approximate surface area is 164 Å². The van der Waals surface area contributed by atoms with Crippen LogP contribution in [0.4, 0.5) is 11.4 Å². The third kappa shape index (κ3) is 1.92. The number of fused-ring (bicyclic) bond motifs is 2. The average molecular weight is 380 g/mol. The minimum Gasteiger partial charge on any atom is -0.497 e. The second-order valence-electron chi connectivity index (χ2n) is 7.74. The van der Waals surface area contributed by atoms with Gasteiger partial charge in [0.05, 0.1) is 25.0 Å². The fourth-order valence-electron chi connectivity index (χ4n) is 4.76. The highest BCUT2D eigenvalue weighted by atomic mass is 16.5. The van der Waals surface area contributed by atoms with E-state index in [1.54, 1.807) is 38.1 Å². The lowest BCUT2D eigenvalue weighted by molar-refractivity contribution is -0.133. The van der Waals surface area contributed by atoms with Gasteiger partial charge in [0.1, 0.15) is 11.5 Å². The molecule has 2 heterocycles. The number of amides is 2. The summed E-state index contributed by atoms with van der Waals surface area (Å²) in [4.78, 5) is 30.4. The van der Waals surface area contributed by atoms with Crippen molar-refractivity contribution in [2.24, 2.45) is 0 Å². The molecule has 0 N–H and O–H groups in total. The Kier molecular flexibility index (Phi) is 3.76. The number of hydrogen-bond acceptors (Lipinski definition) is 4. The predicted molar refractivity (Wildman–Crippen MR) is 108 cm³/mol. The molecule has 2 aromatic carbocycles. The number of benzene rings is 2. The normalized spacial score (nSPS) is 25.8. The first-order valence-corrected chi connectivity index (χ1v) is 9.15. The van der Waals surface area contributed by atoms with Crippen molar-refractivity contribution in [2.75, 3.05) is 38.1 Å². The molecule has 2 aliphatic rings. The zero-order valence-electron chi connectivity index (χ0n) is 17.0. The number of likely N-dealkylation sites (N-methyl/N-ethyl adjacent to an activating group) is 2. The van der Waals surface area contributed by atoms with Gasteiger partial charge in [0.25, 0.3) is 0 Å². The van der Waals surface area contributed by atoms with Crippen LogP contribution >= 0.6 is 0 Å². The Balaban J connectivity index is 2.04. The molecule has 0 saturated carbocycles. The zero-order chi connectivity index (χ0) is 20.4. The smallest absolute Gasteiger partial charge is 0.238 e. The van der Waals surface area contributed by atoms with Crippen LogP contribution in [0, 0.1) is 0 Å². The minimum atomic E-state index is -1.09. The summed E-state index contributed by atoms with van der Waals surface area (Å²) in [6.07, 6.45) is 0. The lowest BCUT2D eigenvalue weighted by Crippen LogP contribution is -2.56. The van der Waals surface area contributed by atoms with E-state index < -0.39 is 10.8 Å².